The Morgan fingerprint density at radius 3 is 1.54 bits per heavy atom. The highest BCUT2D eigenvalue weighted by atomic mass is 32.1. The van der Waals surface area contributed by atoms with Gasteiger partial charge in [-0.15, -0.1) is 22.7 Å². The highest BCUT2D eigenvalue weighted by molar-refractivity contribution is 7.17. The van der Waals surface area contributed by atoms with Crippen molar-refractivity contribution in [3.05, 3.63) is 93.3 Å². The standard InChI is InChI=1S/2C8H6S.C6H3NO2S/c2*1-2-4-8-7(3-1)5-6-9-8;8-5-3-1-10-2-4(3)6(9)7-5/h2*1-6H;1-2H,(H,7,8,9). The van der Waals surface area contributed by atoms with Crippen molar-refractivity contribution in [1.29, 1.82) is 0 Å². The topological polar surface area (TPSA) is 46.2 Å². The van der Waals surface area contributed by atoms with Crippen LogP contribution in [0.4, 0.5) is 0 Å². The molecule has 0 unspecified atom stereocenters. The minimum absolute atomic E-state index is 0.277. The molecule has 5 aromatic rings. The van der Waals surface area contributed by atoms with E-state index in [0.717, 1.165) is 0 Å². The Balaban J connectivity index is 0.000000103. The SMILES string of the molecule is O=C1NC(=O)c2cscc21.c1ccc2sccc2c1.c1ccc2sccc2c1. The van der Waals surface area contributed by atoms with Crippen LogP contribution in [0.1, 0.15) is 20.7 Å². The summed E-state index contributed by atoms with van der Waals surface area (Å²) in [5, 5.41) is 12.5. The van der Waals surface area contributed by atoms with Gasteiger partial charge in [0.05, 0.1) is 11.1 Å². The minimum atomic E-state index is -0.277. The van der Waals surface area contributed by atoms with Crippen LogP contribution in [-0.4, -0.2) is 11.8 Å². The van der Waals surface area contributed by atoms with Crippen LogP contribution in [0.2, 0.25) is 0 Å². The molecule has 6 rings (SSSR count). The number of carbonyl (C=O) groups excluding carboxylic acids is 2. The number of benzene rings is 2. The van der Waals surface area contributed by atoms with Gasteiger partial charge in [-0.1, -0.05) is 36.4 Å². The van der Waals surface area contributed by atoms with E-state index in [-0.39, 0.29) is 11.8 Å². The van der Waals surface area contributed by atoms with Crippen LogP contribution in [0.5, 0.6) is 0 Å². The van der Waals surface area contributed by atoms with Gasteiger partial charge in [0.25, 0.3) is 11.8 Å². The molecule has 0 atom stereocenters. The first-order valence-corrected chi connectivity index (χ1v) is 11.2. The fourth-order valence-electron chi connectivity index (χ4n) is 2.70. The molecular weight excluding hydrogens is 406 g/mol. The first-order chi connectivity index (χ1) is 13.7. The summed E-state index contributed by atoms with van der Waals surface area (Å²) in [5.41, 5.74) is 1.02. The molecule has 0 saturated heterocycles. The van der Waals surface area contributed by atoms with E-state index in [4.69, 9.17) is 0 Å². The van der Waals surface area contributed by atoms with Gasteiger partial charge < -0.3 is 0 Å². The maximum atomic E-state index is 10.8. The van der Waals surface area contributed by atoms with Crippen LogP contribution in [-0.2, 0) is 0 Å². The van der Waals surface area contributed by atoms with Crippen molar-refractivity contribution in [2.75, 3.05) is 0 Å². The lowest BCUT2D eigenvalue weighted by atomic mass is 10.2. The Labute approximate surface area is 173 Å². The maximum Gasteiger partial charge on any atom is 0.259 e. The molecule has 28 heavy (non-hydrogen) atoms. The monoisotopic (exact) mass is 421 g/mol. The minimum Gasteiger partial charge on any atom is -0.288 e. The predicted molar refractivity (Wildman–Crippen MR) is 120 cm³/mol. The summed E-state index contributed by atoms with van der Waals surface area (Å²) >= 11 is 4.94. The third-order valence-corrected chi connectivity index (χ3v) is 6.64. The van der Waals surface area contributed by atoms with Gasteiger partial charge in [0.1, 0.15) is 0 Å². The number of amides is 2. The van der Waals surface area contributed by atoms with Crippen molar-refractivity contribution >= 4 is 66.0 Å². The first kappa shape index (κ1) is 18.6. The van der Waals surface area contributed by atoms with Crippen molar-refractivity contribution < 1.29 is 9.59 Å². The van der Waals surface area contributed by atoms with E-state index in [1.54, 1.807) is 33.4 Å². The molecule has 2 amide bonds. The molecule has 138 valence electrons. The fourth-order valence-corrected chi connectivity index (χ4v) is 5.09. The summed E-state index contributed by atoms with van der Waals surface area (Å²) in [6.07, 6.45) is 0. The molecule has 3 nitrogen and oxygen atoms in total. The molecule has 0 aliphatic carbocycles. The Morgan fingerprint density at radius 1 is 0.607 bits per heavy atom. The summed E-state index contributed by atoms with van der Waals surface area (Å²) in [6.45, 7) is 0. The van der Waals surface area contributed by atoms with Crippen LogP contribution in [0.15, 0.2) is 82.2 Å². The normalized spacial score (nSPS) is 12.0. The number of fused-ring (bicyclic) bond motifs is 3. The fraction of sp³-hybridized carbons (Fsp3) is 0. The Morgan fingerprint density at radius 2 is 1.07 bits per heavy atom. The summed E-state index contributed by atoms with van der Waals surface area (Å²) in [6, 6.07) is 21.1. The number of imide groups is 1. The molecule has 6 heteroatoms. The first-order valence-electron chi connectivity index (χ1n) is 8.49. The molecule has 0 spiro atoms. The van der Waals surface area contributed by atoms with E-state index in [2.05, 4.69) is 76.7 Å². The number of thiophene rings is 3. The molecule has 2 aromatic carbocycles. The molecule has 0 fully saturated rings. The quantitative estimate of drug-likeness (QED) is 0.293. The van der Waals surface area contributed by atoms with Crippen LogP contribution < -0.4 is 5.32 Å². The molecular formula is C22H15NO2S3. The average molecular weight is 422 g/mol. The number of carbonyl (C=O) groups is 2. The van der Waals surface area contributed by atoms with Gasteiger partial charge in [-0.25, -0.2) is 0 Å². The van der Waals surface area contributed by atoms with Crippen molar-refractivity contribution in [3.8, 4) is 0 Å². The maximum absolute atomic E-state index is 10.8. The van der Waals surface area contributed by atoms with E-state index in [9.17, 15) is 9.59 Å². The van der Waals surface area contributed by atoms with Gasteiger partial charge in [-0.05, 0) is 45.8 Å². The molecule has 1 N–H and O–H groups in total. The number of hydrogen-bond donors (Lipinski definition) is 1. The van der Waals surface area contributed by atoms with Crippen LogP contribution in [0.3, 0.4) is 0 Å². The summed E-state index contributed by atoms with van der Waals surface area (Å²) < 4.78 is 2.75. The van der Waals surface area contributed by atoms with Crippen molar-refractivity contribution in [1.82, 2.24) is 5.32 Å². The van der Waals surface area contributed by atoms with Crippen LogP contribution in [0, 0.1) is 0 Å². The molecule has 1 aliphatic rings. The van der Waals surface area contributed by atoms with Crippen LogP contribution >= 0.6 is 34.0 Å². The Kier molecular flexibility index (Phi) is 5.62. The smallest absolute Gasteiger partial charge is 0.259 e. The number of nitrogens with one attached hydrogen (secondary N) is 1. The zero-order chi connectivity index (χ0) is 19.3. The molecule has 4 heterocycles. The van der Waals surface area contributed by atoms with Gasteiger partial charge >= 0.3 is 0 Å². The van der Waals surface area contributed by atoms with Gasteiger partial charge in [0, 0.05) is 20.2 Å². The van der Waals surface area contributed by atoms with Crippen LogP contribution in [0.25, 0.3) is 20.2 Å². The van der Waals surface area contributed by atoms with Crippen molar-refractivity contribution in [3.63, 3.8) is 0 Å². The summed E-state index contributed by atoms with van der Waals surface area (Å²) in [7, 11) is 0. The summed E-state index contributed by atoms with van der Waals surface area (Å²) in [4.78, 5) is 21.6. The molecule has 1 aliphatic heterocycles. The van der Waals surface area contributed by atoms with E-state index in [1.807, 2.05) is 0 Å². The predicted octanol–water partition coefficient (Wildman–Crippen LogP) is 6.43. The lowest BCUT2D eigenvalue weighted by Crippen LogP contribution is -2.20. The van der Waals surface area contributed by atoms with E-state index in [0.29, 0.717) is 11.1 Å². The highest BCUT2D eigenvalue weighted by Crippen LogP contribution is 2.20. The van der Waals surface area contributed by atoms with Gasteiger partial charge in [0.15, 0.2) is 0 Å². The molecule has 3 aromatic heterocycles. The van der Waals surface area contributed by atoms with Crippen molar-refractivity contribution in [2.24, 2.45) is 0 Å². The average Bonchev–Trinajstić information content (AvgIpc) is 3.50. The number of rotatable bonds is 0. The van der Waals surface area contributed by atoms with E-state index in [1.165, 1.54) is 31.5 Å². The largest absolute Gasteiger partial charge is 0.288 e. The lowest BCUT2D eigenvalue weighted by molar-refractivity contribution is 0.0879. The third kappa shape index (κ3) is 4.04. The van der Waals surface area contributed by atoms with E-state index < -0.39 is 0 Å². The van der Waals surface area contributed by atoms with E-state index >= 15 is 0 Å². The second-order valence-electron chi connectivity index (χ2n) is 5.90. The third-order valence-electron chi connectivity index (χ3n) is 4.10. The second kappa shape index (κ2) is 8.48. The van der Waals surface area contributed by atoms with Gasteiger partial charge in [0.2, 0.25) is 0 Å². The zero-order valence-electron chi connectivity index (χ0n) is 14.6. The summed E-state index contributed by atoms with van der Waals surface area (Å²) in [5.74, 6) is -0.553. The van der Waals surface area contributed by atoms with Crippen molar-refractivity contribution in [2.45, 2.75) is 0 Å². The zero-order valence-corrected chi connectivity index (χ0v) is 17.1. The molecule has 0 radical (unpaired) electrons. The van der Waals surface area contributed by atoms with Gasteiger partial charge in [-0.2, -0.15) is 11.3 Å². The Hall–Kier alpha value is -2.80. The highest BCUT2D eigenvalue weighted by Gasteiger charge is 2.26. The number of hydrogen-bond acceptors (Lipinski definition) is 5. The molecule has 0 bridgehead atoms. The lowest BCUT2D eigenvalue weighted by Gasteiger charge is -1.83. The Bertz CT molecular complexity index is 1090. The second-order valence-corrected chi connectivity index (χ2v) is 8.54. The van der Waals surface area contributed by atoms with Gasteiger partial charge in [-0.3, -0.25) is 14.9 Å². The molecule has 0 saturated carbocycles.